The number of para-hydroxylation sites is 1. The number of hydrogen-bond acceptors (Lipinski definition) is 3. The SMILES string of the molecule is CC(=O)Nc1c(C(O)CCN)cccc1C(F)(F)F. The van der Waals surface area contributed by atoms with E-state index < -0.39 is 29.4 Å². The molecule has 0 radical (unpaired) electrons. The van der Waals surface area contributed by atoms with Gasteiger partial charge in [0.15, 0.2) is 0 Å². The molecular weight excluding hydrogens is 261 g/mol. The molecule has 4 nitrogen and oxygen atoms in total. The standard InChI is InChI=1S/C12H15F3N2O2/c1-7(18)17-11-8(10(19)5-6-16)3-2-4-9(11)12(13,14)15/h2-4,10,19H,5-6,16H2,1H3,(H,17,18). The fourth-order valence-electron chi connectivity index (χ4n) is 1.71. The smallest absolute Gasteiger partial charge is 0.388 e. The highest BCUT2D eigenvalue weighted by Gasteiger charge is 2.35. The first-order valence-electron chi connectivity index (χ1n) is 5.63. The Bertz CT molecular complexity index is 461. The molecule has 0 heterocycles. The lowest BCUT2D eigenvalue weighted by molar-refractivity contribution is -0.137. The molecule has 1 rings (SSSR count). The lowest BCUT2D eigenvalue weighted by Gasteiger charge is -2.20. The zero-order chi connectivity index (χ0) is 14.6. The van der Waals surface area contributed by atoms with Gasteiger partial charge in [-0.2, -0.15) is 13.2 Å². The van der Waals surface area contributed by atoms with Gasteiger partial charge in [-0.25, -0.2) is 0 Å². The molecule has 1 atom stereocenters. The molecule has 7 heteroatoms. The zero-order valence-corrected chi connectivity index (χ0v) is 10.3. The van der Waals surface area contributed by atoms with E-state index in [1.165, 1.54) is 12.1 Å². The predicted octanol–water partition coefficient (Wildman–Crippen LogP) is 2.05. The van der Waals surface area contributed by atoms with E-state index in [-0.39, 0.29) is 18.5 Å². The molecule has 1 amide bonds. The van der Waals surface area contributed by atoms with Crippen molar-refractivity contribution in [1.29, 1.82) is 0 Å². The minimum absolute atomic E-state index is 0.00970. The predicted molar refractivity (Wildman–Crippen MR) is 64.4 cm³/mol. The molecule has 0 aliphatic heterocycles. The number of benzene rings is 1. The number of halogens is 3. The van der Waals surface area contributed by atoms with Crippen molar-refractivity contribution in [2.45, 2.75) is 25.6 Å². The van der Waals surface area contributed by atoms with E-state index in [9.17, 15) is 23.1 Å². The van der Waals surface area contributed by atoms with E-state index in [1.54, 1.807) is 0 Å². The van der Waals surface area contributed by atoms with Gasteiger partial charge in [0.1, 0.15) is 0 Å². The maximum absolute atomic E-state index is 12.9. The molecule has 1 aromatic carbocycles. The number of carbonyl (C=O) groups excluding carboxylic acids is 1. The van der Waals surface area contributed by atoms with Crippen molar-refractivity contribution in [3.8, 4) is 0 Å². The van der Waals surface area contributed by atoms with E-state index in [4.69, 9.17) is 5.73 Å². The van der Waals surface area contributed by atoms with E-state index >= 15 is 0 Å². The van der Waals surface area contributed by atoms with Crippen LogP contribution in [0.15, 0.2) is 18.2 Å². The summed E-state index contributed by atoms with van der Waals surface area (Å²) >= 11 is 0. The first-order chi connectivity index (χ1) is 8.77. The Kier molecular flexibility index (Phi) is 4.90. The number of carbonyl (C=O) groups is 1. The van der Waals surface area contributed by atoms with Crippen LogP contribution in [-0.2, 0) is 11.0 Å². The van der Waals surface area contributed by atoms with E-state index in [0.717, 1.165) is 13.0 Å². The molecule has 1 aromatic rings. The van der Waals surface area contributed by atoms with Gasteiger partial charge in [-0.05, 0) is 19.0 Å². The van der Waals surface area contributed by atoms with E-state index in [0.29, 0.717) is 0 Å². The second-order valence-corrected chi connectivity index (χ2v) is 4.04. The van der Waals surface area contributed by atoms with Crippen molar-refractivity contribution < 1.29 is 23.1 Å². The normalized spacial score (nSPS) is 13.2. The third kappa shape index (κ3) is 3.93. The molecule has 0 spiro atoms. The van der Waals surface area contributed by atoms with Crippen molar-refractivity contribution in [3.05, 3.63) is 29.3 Å². The Balaban J connectivity index is 3.34. The van der Waals surface area contributed by atoms with Crippen LogP contribution in [0.5, 0.6) is 0 Å². The first kappa shape index (κ1) is 15.5. The molecule has 1 unspecified atom stereocenters. The summed E-state index contributed by atoms with van der Waals surface area (Å²) in [5, 5.41) is 11.9. The molecule has 0 fully saturated rings. The molecule has 0 aliphatic carbocycles. The van der Waals surface area contributed by atoms with E-state index in [1.807, 2.05) is 0 Å². The summed E-state index contributed by atoms with van der Waals surface area (Å²) in [6.07, 6.45) is -5.67. The monoisotopic (exact) mass is 276 g/mol. The fourth-order valence-corrected chi connectivity index (χ4v) is 1.71. The van der Waals surface area contributed by atoms with Gasteiger partial charge in [-0.1, -0.05) is 12.1 Å². The van der Waals surface area contributed by atoms with Gasteiger partial charge < -0.3 is 16.2 Å². The molecule has 0 aromatic heterocycles. The highest BCUT2D eigenvalue weighted by Crippen LogP contribution is 2.38. The van der Waals surface area contributed by atoms with Crippen molar-refractivity contribution in [2.75, 3.05) is 11.9 Å². The maximum Gasteiger partial charge on any atom is 0.418 e. The lowest BCUT2D eigenvalue weighted by atomic mass is 10.00. The molecule has 0 bridgehead atoms. The van der Waals surface area contributed by atoms with Crippen LogP contribution in [0, 0.1) is 0 Å². The summed E-state index contributed by atoms with van der Waals surface area (Å²) in [7, 11) is 0. The van der Waals surface area contributed by atoms with Gasteiger partial charge in [0.05, 0.1) is 17.4 Å². The highest BCUT2D eigenvalue weighted by atomic mass is 19.4. The van der Waals surface area contributed by atoms with Gasteiger partial charge in [0, 0.05) is 12.5 Å². The van der Waals surface area contributed by atoms with Gasteiger partial charge in [-0.3, -0.25) is 4.79 Å². The second kappa shape index (κ2) is 6.03. The van der Waals surface area contributed by atoms with Crippen LogP contribution in [0.4, 0.5) is 18.9 Å². The lowest BCUT2D eigenvalue weighted by Crippen LogP contribution is -2.18. The summed E-state index contributed by atoms with van der Waals surface area (Å²) in [5.41, 5.74) is 3.88. The van der Waals surface area contributed by atoms with Crippen LogP contribution >= 0.6 is 0 Å². The number of aliphatic hydroxyl groups is 1. The quantitative estimate of drug-likeness (QED) is 0.787. The summed E-state index contributed by atoms with van der Waals surface area (Å²) < 4.78 is 38.6. The molecule has 106 valence electrons. The molecule has 4 N–H and O–H groups in total. The Labute approximate surface area is 108 Å². The number of aliphatic hydroxyl groups excluding tert-OH is 1. The number of hydrogen-bond donors (Lipinski definition) is 3. The average molecular weight is 276 g/mol. The molecule has 0 saturated carbocycles. The topological polar surface area (TPSA) is 75.3 Å². The van der Waals surface area contributed by atoms with Gasteiger partial charge in [-0.15, -0.1) is 0 Å². The van der Waals surface area contributed by atoms with Gasteiger partial charge in [0.25, 0.3) is 0 Å². The van der Waals surface area contributed by atoms with Gasteiger partial charge >= 0.3 is 6.18 Å². The minimum atomic E-state index is -4.61. The van der Waals surface area contributed by atoms with Crippen molar-refractivity contribution in [1.82, 2.24) is 0 Å². The van der Waals surface area contributed by atoms with Crippen molar-refractivity contribution in [3.63, 3.8) is 0 Å². The number of rotatable bonds is 4. The molecular formula is C12H15F3N2O2. The number of nitrogens with one attached hydrogen (secondary N) is 1. The molecule has 0 saturated heterocycles. The van der Waals surface area contributed by atoms with Crippen LogP contribution in [-0.4, -0.2) is 17.6 Å². The fraction of sp³-hybridized carbons (Fsp3) is 0.417. The highest BCUT2D eigenvalue weighted by molar-refractivity contribution is 5.90. The van der Waals surface area contributed by atoms with Crippen LogP contribution in [0.3, 0.4) is 0 Å². The second-order valence-electron chi connectivity index (χ2n) is 4.04. The average Bonchev–Trinajstić information content (AvgIpc) is 2.27. The zero-order valence-electron chi connectivity index (χ0n) is 10.3. The Morgan fingerprint density at radius 2 is 2.11 bits per heavy atom. The van der Waals surface area contributed by atoms with Crippen LogP contribution in [0.1, 0.15) is 30.6 Å². The first-order valence-corrected chi connectivity index (χ1v) is 5.63. The van der Waals surface area contributed by atoms with Crippen molar-refractivity contribution >= 4 is 11.6 Å². The van der Waals surface area contributed by atoms with Crippen LogP contribution < -0.4 is 11.1 Å². The summed E-state index contributed by atoms with van der Waals surface area (Å²) in [4.78, 5) is 11.0. The number of amides is 1. The molecule has 0 aliphatic rings. The van der Waals surface area contributed by atoms with Crippen molar-refractivity contribution in [2.24, 2.45) is 5.73 Å². The van der Waals surface area contributed by atoms with E-state index in [2.05, 4.69) is 5.32 Å². The number of anilines is 1. The number of alkyl halides is 3. The van der Waals surface area contributed by atoms with Crippen LogP contribution in [0.25, 0.3) is 0 Å². The third-order valence-electron chi connectivity index (χ3n) is 2.50. The Morgan fingerprint density at radius 3 is 2.58 bits per heavy atom. The summed E-state index contributed by atoms with van der Waals surface area (Å²) in [6.45, 7) is 1.23. The number of nitrogens with two attached hydrogens (primary N) is 1. The largest absolute Gasteiger partial charge is 0.418 e. The third-order valence-corrected chi connectivity index (χ3v) is 2.50. The maximum atomic E-state index is 12.9. The minimum Gasteiger partial charge on any atom is -0.388 e. The van der Waals surface area contributed by atoms with Crippen LogP contribution in [0.2, 0.25) is 0 Å². The Hall–Kier alpha value is -1.60. The Morgan fingerprint density at radius 1 is 1.47 bits per heavy atom. The summed E-state index contributed by atoms with van der Waals surface area (Å²) in [6, 6.07) is 3.37. The summed E-state index contributed by atoms with van der Waals surface area (Å²) in [5.74, 6) is -0.641. The van der Waals surface area contributed by atoms with Gasteiger partial charge in [0.2, 0.25) is 5.91 Å². The molecule has 19 heavy (non-hydrogen) atoms.